The molecule has 0 aliphatic rings. The van der Waals surface area contributed by atoms with E-state index in [1.807, 2.05) is 0 Å². The summed E-state index contributed by atoms with van der Waals surface area (Å²) >= 11 is 0. The monoisotopic (exact) mass is 638 g/mol. The van der Waals surface area contributed by atoms with Gasteiger partial charge in [-0.1, -0.05) is 20.3 Å². The Bertz CT molecular complexity index is 1270. The molecule has 1 rings (SSSR count). The molecule has 0 aromatic heterocycles. The number of carboxylic acids is 2. The van der Waals surface area contributed by atoms with Crippen molar-refractivity contribution in [1.29, 1.82) is 0 Å². The molecule has 18 nitrogen and oxygen atoms in total. The van der Waals surface area contributed by atoms with E-state index in [2.05, 4.69) is 26.6 Å². The molecule has 1 aromatic rings. The van der Waals surface area contributed by atoms with E-state index in [0.29, 0.717) is 6.42 Å². The number of aliphatic hydroxyl groups is 1. The van der Waals surface area contributed by atoms with Crippen molar-refractivity contribution in [3.05, 3.63) is 34.4 Å². The lowest BCUT2D eigenvalue weighted by atomic mass is 9.97. The molecule has 0 bridgehead atoms. The number of nitro benzene ring substituents is 1. The number of aliphatic carboxylic acids is 2. The highest BCUT2D eigenvalue weighted by Crippen LogP contribution is 2.16. The van der Waals surface area contributed by atoms with E-state index < -0.39 is 95.9 Å². The van der Waals surface area contributed by atoms with Crippen LogP contribution in [0.1, 0.15) is 53.4 Å². The standard InChI is InChI=1S/C27H38N6O12/c1-5-13(2)22(28-15(4)35)26(42)30-18(10-11-20(36)37)24(40)32-23(14(3)34)27(43)31-19(12-21(38)39)25(41)29-16-6-8-17(9-7-16)33(44)45/h6-9,13-14,18-19,22-23,34H,5,10-12H2,1-4H3,(H,28,35)(H,29,41)(H,30,42)(H,31,43)(H,32,40)(H,36,37)(H,38,39)/t13-,14?,18-,19-,22-,23-/m0/s1. The maximum absolute atomic E-state index is 13.2. The van der Waals surface area contributed by atoms with Gasteiger partial charge in [0.2, 0.25) is 29.5 Å². The molecule has 0 fully saturated rings. The molecule has 6 atom stereocenters. The minimum absolute atomic E-state index is 0.0441. The van der Waals surface area contributed by atoms with Crippen molar-refractivity contribution in [2.24, 2.45) is 5.92 Å². The number of rotatable bonds is 18. The molecule has 18 heteroatoms. The van der Waals surface area contributed by atoms with Gasteiger partial charge < -0.3 is 41.9 Å². The maximum Gasteiger partial charge on any atom is 0.305 e. The second-order valence-corrected chi connectivity index (χ2v) is 10.2. The molecular weight excluding hydrogens is 600 g/mol. The molecule has 1 aromatic carbocycles. The summed E-state index contributed by atoms with van der Waals surface area (Å²) in [5.41, 5.74) is -0.232. The smallest absolute Gasteiger partial charge is 0.305 e. The van der Waals surface area contributed by atoms with Crippen molar-refractivity contribution >= 4 is 52.8 Å². The fourth-order valence-electron chi connectivity index (χ4n) is 3.92. The lowest BCUT2D eigenvalue weighted by Gasteiger charge is -2.28. The third-order valence-corrected chi connectivity index (χ3v) is 6.55. The number of nitro groups is 1. The van der Waals surface area contributed by atoms with Crippen molar-refractivity contribution in [3.8, 4) is 0 Å². The maximum atomic E-state index is 13.2. The van der Waals surface area contributed by atoms with E-state index >= 15 is 0 Å². The minimum Gasteiger partial charge on any atom is -0.481 e. The molecule has 0 saturated carbocycles. The molecule has 0 aliphatic carbocycles. The zero-order valence-corrected chi connectivity index (χ0v) is 25.1. The van der Waals surface area contributed by atoms with Gasteiger partial charge in [-0.15, -0.1) is 0 Å². The SMILES string of the molecule is CC[C@H](C)[C@H](NC(C)=O)C(=O)N[C@@H](CCC(=O)O)C(=O)N[C@H](C(=O)N[C@@H](CC(=O)O)C(=O)Nc1ccc([N+](=O)[O-])cc1)C(C)O. The van der Waals surface area contributed by atoms with Crippen LogP contribution < -0.4 is 26.6 Å². The van der Waals surface area contributed by atoms with Crippen LogP contribution in [0.25, 0.3) is 0 Å². The van der Waals surface area contributed by atoms with Crippen molar-refractivity contribution in [2.45, 2.75) is 83.6 Å². The highest BCUT2D eigenvalue weighted by molar-refractivity contribution is 6.00. The van der Waals surface area contributed by atoms with Crippen LogP contribution in [0.15, 0.2) is 24.3 Å². The Morgan fingerprint density at radius 1 is 0.800 bits per heavy atom. The first-order valence-electron chi connectivity index (χ1n) is 13.8. The van der Waals surface area contributed by atoms with Crippen LogP contribution in [0.2, 0.25) is 0 Å². The second-order valence-electron chi connectivity index (χ2n) is 10.2. The van der Waals surface area contributed by atoms with Crippen LogP contribution >= 0.6 is 0 Å². The van der Waals surface area contributed by atoms with E-state index in [1.54, 1.807) is 13.8 Å². The summed E-state index contributed by atoms with van der Waals surface area (Å²) in [6.45, 7) is 5.73. The molecule has 5 amide bonds. The number of carbonyl (C=O) groups is 7. The molecule has 0 saturated heterocycles. The van der Waals surface area contributed by atoms with Crippen LogP contribution in [0, 0.1) is 16.0 Å². The number of carbonyl (C=O) groups excluding carboxylic acids is 5. The van der Waals surface area contributed by atoms with Gasteiger partial charge in [0.05, 0.1) is 17.4 Å². The largest absolute Gasteiger partial charge is 0.481 e. The molecular formula is C27H38N6O12. The number of benzene rings is 1. The minimum atomic E-state index is -1.80. The average molecular weight is 639 g/mol. The Morgan fingerprint density at radius 3 is 1.82 bits per heavy atom. The van der Waals surface area contributed by atoms with Gasteiger partial charge >= 0.3 is 11.9 Å². The number of carboxylic acid groups (broad SMARTS) is 2. The van der Waals surface area contributed by atoms with Crippen molar-refractivity contribution in [3.63, 3.8) is 0 Å². The Kier molecular flexibility index (Phi) is 15.0. The number of amides is 5. The Balaban J connectivity index is 3.17. The van der Waals surface area contributed by atoms with Gasteiger partial charge in [-0.05, 0) is 31.4 Å². The molecule has 0 heterocycles. The summed E-state index contributed by atoms with van der Waals surface area (Å²) in [6.07, 6.45) is -3.11. The number of aliphatic hydroxyl groups excluding tert-OH is 1. The fraction of sp³-hybridized carbons (Fsp3) is 0.519. The Morgan fingerprint density at radius 2 is 1.36 bits per heavy atom. The van der Waals surface area contributed by atoms with Crippen LogP contribution in [-0.2, 0) is 33.6 Å². The lowest BCUT2D eigenvalue weighted by Crippen LogP contribution is -2.61. The first kappa shape index (κ1) is 37.9. The van der Waals surface area contributed by atoms with Gasteiger partial charge in [0.1, 0.15) is 24.2 Å². The fourth-order valence-corrected chi connectivity index (χ4v) is 3.92. The zero-order chi connectivity index (χ0) is 34.4. The number of nitrogens with zero attached hydrogens (tertiary/aromatic N) is 1. The Labute approximate surface area is 257 Å². The summed E-state index contributed by atoms with van der Waals surface area (Å²) < 4.78 is 0. The first-order valence-corrected chi connectivity index (χ1v) is 13.8. The van der Waals surface area contributed by atoms with Crippen molar-refractivity contribution in [1.82, 2.24) is 21.3 Å². The van der Waals surface area contributed by atoms with E-state index in [4.69, 9.17) is 5.11 Å². The van der Waals surface area contributed by atoms with E-state index in [0.717, 1.165) is 19.1 Å². The molecule has 8 N–H and O–H groups in total. The second kappa shape index (κ2) is 17.9. The van der Waals surface area contributed by atoms with Crippen LogP contribution in [0.4, 0.5) is 11.4 Å². The number of hydrogen-bond acceptors (Lipinski definition) is 10. The topological polar surface area (TPSA) is 283 Å². The lowest BCUT2D eigenvalue weighted by molar-refractivity contribution is -0.384. The van der Waals surface area contributed by atoms with Gasteiger partial charge in [0.15, 0.2) is 0 Å². The molecule has 248 valence electrons. The number of hydrogen-bond donors (Lipinski definition) is 8. The van der Waals surface area contributed by atoms with E-state index in [1.165, 1.54) is 19.1 Å². The molecule has 1 unspecified atom stereocenters. The first-order chi connectivity index (χ1) is 21.0. The highest BCUT2D eigenvalue weighted by Gasteiger charge is 2.35. The molecule has 0 radical (unpaired) electrons. The van der Waals surface area contributed by atoms with E-state index in [-0.39, 0.29) is 17.3 Å². The number of non-ortho nitro benzene ring substituents is 1. The number of nitrogens with one attached hydrogen (secondary N) is 5. The van der Waals surface area contributed by atoms with Crippen LogP contribution in [-0.4, -0.2) is 92.0 Å². The summed E-state index contributed by atoms with van der Waals surface area (Å²) in [5, 5.41) is 51.0. The third-order valence-electron chi connectivity index (χ3n) is 6.55. The molecule has 45 heavy (non-hydrogen) atoms. The Hall–Kier alpha value is -5.13. The summed E-state index contributed by atoms with van der Waals surface area (Å²) in [5.74, 6) is -7.81. The van der Waals surface area contributed by atoms with Crippen molar-refractivity contribution in [2.75, 3.05) is 5.32 Å². The summed E-state index contributed by atoms with van der Waals surface area (Å²) in [4.78, 5) is 96.5. The summed E-state index contributed by atoms with van der Waals surface area (Å²) in [7, 11) is 0. The van der Waals surface area contributed by atoms with Gasteiger partial charge in [-0.25, -0.2) is 0 Å². The van der Waals surface area contributed by atoms with Gasteiger partial charge in [-0.2, -0.15) is 0 Å². The zero-order valence-electron chi connectivity index (χ0n) is 25.1. The van der Waals surface area contributed by atoms with Crippen LogP contribution in [0.5, 0.6) is 0 Å². The van der Waals surface area contributed by atoms with Crippen LogP contribution in [0.3, 0.4) is 0 Å². The molecule has 0 aliphatic heterocycles. The predicted molar refractivity (Wildman–Crippen MR) is 155 cm³/mol. The average Bonchev–Trinajstić information content (AvgIpc) is 2.95. The number of anilines is 1. The normalized spacial score (nSPS) is 14.7. The van der Waals surface area contributed by atoms with Crippen molar-refractivity contribution < 1.29 is 53.8 Å². The van der Waals surface area contributed by atoms with E-state index in [9.17, 15) is 53.9 Å². The van der Waals surface area contributed by atoms with Gasteiger partial charge in [-0.3, -0.25) is 43.7 Å². The van der Waals surface area contributed by atoms with Gasteiger partial charge in [0, 0.05) is 31.2 Å². The third kappa shape index (κ3) is 13.0. The predicted octanol–water partition coefficient (Wildman–Crippen LogP) is -0.741. The highest BCUT2D eigenvalue weighted by atomic mass is 16.6. The summed E-state index contributed by atoms with van der Waals surface area (Å²) in [6, 6.07) is -1.63. The quantitative estimate of drug-likeness (QED) is 0.0729. The molecule has 0 spiro atoms. The van der Waals surface area contributed by atoms with Gasteiger partial charge in [0.25, 0.3) is 5.69 Å².